The largest absolute Gasteiger partial charge is 0.143 e. The van der Waals surface area contributed by atoms with E-state index in [9.17, 15) is 0 Å². The number of unbranched alkanes of at least 4 members (excludes halogenated alkanes) is 4. The van der Waals surface area contributed by atoms with Crippen LogP contribution in [0.3, 0.4) is 0 Å². The summed E-state index contributed by atoms with van der Waals surface area (Å²) in [5.41, 5.74) is 9.23. The van der Waals surface area contributed by atoms with Crippen LogP contribution in [0.5, 0.6) is 0 Å². The van der Waals surface area contributed by atoms with Crippen molar-refractivity contribution in [3.05, 3.63) is 81.5 Å². The molecule has 0 atom stereocenters. The molecule has 0 aliphatic carbocycles. The molecule has 4 aromatic heterocycles. The van der Waals surface area contributed by atoms with Crippen molar-refractivity contribution in [2.24, 2.45) is 0 Å². The van der Waals surface area contributed by atoms with Crippen LogP contribution in [0.2, 0.25) is 0 Å². The van der Waals surface area contributed by atoms with Crippen LogP contribution in [0.1, 0.15) is 101 Å². The fourth-order valence-electron chi connectivity index (χ4n) is 7.24. The van der Waals surface area contributed by atoms with Gasteiger partial charge in [0, 0.05) is 50.1 Å². The molecule has 3 aromatic carbocycles. The van der Waals surface area contributed by atoms with Crippen molar-refractivity contribution in [1.29, 1.82) is 0 Å². The quantitative estimate of drug-likeness (QED) is 0.107. The zero-order valence-electron chi connectivity index (χ0n) is 27.9. The van der Waals surface area contributed by atoms with E-state index in [1.807, 2.05) is 45.3 Å². The summed E-state index contributed by atoms with van der Waals surface area (Å²) in [4.78, 5) is 2.80. The van der Waals surface area contributed by atoms with Crippen LogP contribution in [-0.4, -0.2) is 0 Å². The molecule has 0 N–H and O–H groups in total. The highest BCUT2D eigenvalue weighted by Gasteiger charge is 2.20. The van der Waals surface area contributed by atoms with E-state index >= 15 is 0 Å². The second-order valence-electron chi connectivity index (χ2n) is 12.9. The number of thiophene rings is 4. The van der Waals surface area contributed by atoms with Gasteiger partial charge in [-0.05, 0) is 120 Å². The van der Waals surface area contributed by atoms with Crippen molar-refractivity contribution in [3.8, 4) is 20.9 Å². The molecule has 0 saturated heterocycles. The Kier molecular flexibility index (Phi) is 9.98. The van der Waals surface area contributed by atoms with Crippen LogP contribution in [0.25, 0.3) is 61.2 Å². The first-order chi connectivity index (χ1) is 22.7. The normalized spacial score (nSPS) is 12.1. The molecule has 4 heteroatoms. The number of hydrogen-bond donors (Lipinski definition) is 0. The molecular formula is C42H46S4. The summed E-state index contributed by atoms with van der Waals surface area (Å²) in [6, 6.07) is 19.2. The van der Waals surface area contributed by atoms with E-state index in [2.05, 4.69) is 87.0 Å². The van der Waals surface area contributed by atoms with E-state index in [4.69, 9.17) is 0 Å². The summed E-state index contributed by atoms with van der Waals surface area (Å²) in [7, 11) is 0. The van der Waals surface area contributed by atoms with Gasteiger partial charge < -0.3 is 0 Å². The van der Waals surface area contributed by atoms with Gasteiger partial charge in [-0.3, -0.25) is 0 Å². The second kappa shape index (κ2) is 14.3. The first-order valence-corrected chi connectivity index (χ1v) is 21.1. The van der Waals surface area contributed by atoms with Gasteiger partial charge in [-0.25, -0.2) is 0 Å². The van der Waals surface area contributed by atoms with E-state index in [-0.39, 0.29) is 0 Å². The second-order valence-corrected chi connectivity index (χ2v) is 16.9. The van der Waals surface area contributed by atoms with Crippen LogP contribution in [-0.2, 0) is 25.7 Å². The molecule has 0 fully saturated rings. The Bertz CT molecular complexity index is 1940. The monoisotopic (exact) mass is 678 g/mol. The molecule has 7 aromatic rings. The highest BCUT2D eigenvalue weighted by Crippen LogP contribution is 2.46. The minimum Gasteiger partial charge on any atom is -0.143 e. The molecule has 0 spiro atoms. The van der Waals surface area contributed by atoms with Gasteiger partial charge in [0.25, 0.3) is 0 Å². The number of aryl methyl sites for hydroxylation is 4. The lowest BCUT2D eigenvalue weighted by Gasteiger charge is -2.13. The Labute approximate surface area is 291 Å². The van der Waals surface area contributed by atoms with Gasteiger partial charge in [-0.2, -0.15) is 0 Å². The van der Waals surface area contributed by atoms with Crippen LogP contribution >= 0.6 is 45.3 Å². The van der Waals surface area contributed by atoms with Crippen molar-refractivity contribution in [2.45, 2.75) is 105 Å². The van der Waals surface area contributed by atoms with Gasteiger partial charge in [0.1, 0.15) is 0 Å². The lowest BCUT2D eigenvalue weighted by atomic mass is 9.94. The fourth-order valence-corrected chi connectivity index (χ4v) is 11.8. The zero-order valence-corrected chi connectivity index (χ0v) is 31.2. The third-order valence-corrected chi connectivity index (χ3v) is 14.2. The van der Waals surface area contributed by atoms with Crippen molar-refractivity contribution in [2.75, 3.05) is 0 Å². The Morgan fingerprint density at radius 3 is 1.11 bits per heavy atom. The average Bonchev–Trinajstić information content (AvgIpc) is 3.90. The molecule has 0 aliphatic heterocycles. The van der Waals surface area contributed by atoms with E-state index in [0.29, 0.717) is 0 Å². The third kappa shape index (κ3) is 5.89. The molecule has 46 heavy (non-hydrogen) atoms. The van der Waals surface area contributed by atoms with Crippen molar-refractivity contribution >= 4 is 85.7 Å². The maximum absolute atomic E-state index is 2.49. The number of fused-ring (bicyclic) bond motifs is 6. The number of hydrogen-bond acceptors (Lipinski definition) is 4. The first-order valence-electron chi connectivity index (χ1n) is 17.7. The SMILES string of the molecule is CCCCc1c(CCCC)c2sc(-c3ccc(-c4cc5c(s4)c(CCCC)c(CCCC)c4sccc45)cc3)cc2c2ccsc12. The van der Waals surface area contributed by atoms with E-state index in [1.54, 1.807) is 22.3 Å². The van der Waals surface area contributed by atoms with Crippen LogP contribution in [0, 0.1) is 0 Å². The van der Waals surface area contributed by atoms with Gasteiger partial charge in [0.05, 0.1) is 0 Å². The van der Waals surface area contributed by atoms with E-state index in [1.165, 1.54) is 138 Å². The molecule has 0 saturated carbocycles. The summed E-state index contributed by atoms with van der Waals surface area (Å²) < 4.78 is 6.14. The lowest BCUT2D eigenvalue weighted by Crippen LogP contribution is -1.96. The van der Waals surface area contributed by atoms with Crippen LogP contribution in [0.4, 0.5) is 0 Å². The third-order valence-electron chi connectivity index (χ3n) is 9.78. The topological polar surface area (TPSA) is 0 Å². The Balaban J connectivity index is 1.29. The molecule has 0 nitrogen and oxygen atoms in total. The Morgan fingerprint density at radius 2 is 0.761 bits per heavy atom. The summed E-state index contributed by atoms with van der Waals surface area (Å²) >= 11 is 7.95. The zero-order chi connectivity index (χ0) is 31.6. The summed E-state index contributed by atoms with van der Waals surface area (Å²) in [5, 5.41) is 10.5. The molecule has 0 aliphatic rings. The predicted molar refractivity (Wildman–Crippen MR) is 213 cm³/mol. The number of benzene rings is 3. The van der Waals surface area contributed by atoms with Gasteiger partial charge in [-0.15, -0.1) is 45.3 Å². The van der Waals surface area contributed by atoms with E-state index < -0.39 is 0 Å². The van der Waals surface area contributed by atoms with Crippen molar-refractivity contribution < 1.29 is 0 Å². The maximum Gasteiger partial charge on any atom is 0.0391 e. The first kappa shape index (κ1) is 32.1. The van der Waals surface area contributed by atoms with E-state index in [0.717, 1.165) is 0 Å². The van der Waals surface area contributed by atoms with Gasteiger partial charge in [0.15, 0.2) is 0 Å². The van der Waals surface area contributed by atoms with Crippen molar-refractivity contribution in [1.82, 2.24) is 0 Å². The molecule has 238 valence electrons. The molecule has 0 bridgehead atoms. The van der Waals surface area contributed by atoms with Gasteiger partial charge in [0.2, 0.25) is 0 Å². The minimum absolute atomic E-state index is 1.20. The minimum atomic E-state index is 1.20. The van der Waals surface area contributed by atoms with Crippen LogP contribution < -0.4 is 0 Å². The molecule has 0 amide bonds. The molecule has 0 radical (unpaired) electrons. The van der Waals surface area contributed by atoms with Gasteiger partial charge >= 0.3 is 0 Å². The standard InChI is InChI=1S/C42H46S4/c1-5-9-13-29-31(15-11-7-3)41-35(33-21-23-43-39(29)33)25-37(45-41)27-17-19-28(20-18-27)38-26-36-34-22-24-44-40(34)30(14-10-6-2)32(16-12-8-4)42(36)46-38/h17-26H,5-16H2,1-4H3. The number of rotatable bonds is 14. The smallest absolute Gasteiger partial charge is 0.0391 e. The van der Waals surface area contributed by atoms with Crippen molar-refractivity contribution in [3.63, 3.8) is 0 Å². The molecule has 4 heterocycles. The Morgan fingerprint density at radius 1 is 0.413 bits per heavy atom. The highest BCUT2D eigenvalue weighted by molar-refractivity contribution is 7.23. The maximum atomic E-state index is 2.49. The summed E-state index contributed by atoms with van der Waals surface area (Å²) in [6.45, 7) is 9.29. The average molecular weight is 679 g/mol. The molecular weight excluding hydrogens is 633 g/mol. The summed E-state index contributed by atoms with van der Waals surface area (Å²) in [6.07, 6.45) is 14.9. The highest BCUT2D eigenvalue weighted by atomic mass is 32.1. The fraction of sp³-hybridized carbons (Fsp3) is 0.381. The molecule has 0 unspecified atom stereocenters. The predicted octanol–water partition coefficient (Wildman–Crippen LogP) is 15.2. The molecule has 7 rings (SSSR count). The van der Waals surface area contributed by atoms with Crippen LogP contribution in [0.15, 0.2) is 59.3 Å². The lowest BCUT2D eigenvalue weighted by molar-refractivity contribution is 0.766. The summed E-state index contributed by atoms with van der Waals surface area (Å²) in [5.74, 6) is 0. The Hall–Kier alpha value is -2.50. The van der Waals surface area contributed by atoms with Gasteiger partial charge in [-0.1, -0.05) is 77.6 Å².